The number of nitrogens with one attached hydrogen (secondary N) is 1. The molecular formula is C12H20N2S2. The van der Waals surface area contributed by atoms with Gasteiger partial charge in [-0.25, -0.2) is 4.98 Å². The second kappa shape index (κ2) is 6.62. The molecule has 2 rings (SSSR count). The third-order valence-electron chi connectivity index (χ3n) is 2.81. The van der Waals surface area contributed by atoms with Crippen molar-refractivity contribution in [1.82, 2.24) is 10.3 Å². The Balaban J connectivity index is 1.85. The van der Waals surface area contributed by atoms with E-state index in [4.69, 9.17) is 4.98 Å². The minimum absolute atomic E-state index is 0.523. The van der Waals surface area contributed by atoms with Gasteiger partial charge in [-0.15, -0.1) is 11.3 Å². The number of thioether (sulfide) groups is 1. The third-order valence-corrected chi connectivity index (χ3v) is 5.04. The molecule has 90 valence electrons. The topological polar surface area (TPSA) is 24.9 Å². The fourth-order valence-electron chi connectivity index (χ4n) is 1.96. The van der Waals surface area contributed by atoms with Crippen LogP contribution in [-0.4, -0.2) is 17.3 Å². The van der Waals surface area contributed by atoms with Crippen LogP contribution in [-0.2, 0) is 5.75 Å². The maximum absolute atomic E-state index is 4.74. The van der Waals surface area contributed by atoms with Crippen LogP contribution in [0.3, 0.4) is 0 Å². The number of thiazole rings is 1. The van der Waals surface area contributed by atoms with Gasteiger partial charge in [-0.3, -0.25) is 0 Å². The molecule has 1 atom stereocenters. The van der Waals surface area contributed by atoms with Crippen molar-refractivity contribution in [2.45, 2.75) is 44.4 Å². The summed E-state index contributed by atoms with van der Waals surface area (Å²) in [5, 5.41) is 7.09. The van der Waals surface area contributed by atoms with Crippen molar-refractivity contribution < 1.29 is 0 Å². The van der Waals surface area contributed by atoms with Crippen LogP contribution in [0.5, 0.6) is 0 Å². The normalized spacial score (nSPS) is 21.2. The quantitative estimate of drug-likeness (QED) is 0.815. The largest absolute Gasteiger partial charge is 0.309 e. The van der Waals surface area contributed by atoms with Gasteiger partial charge in [0.1, 0.15) is 5.01 Å². The molecule has 1 unspecified atom stereocenters. The highest BCUT2D eigenvalue weighted by atomic mass is 32.2. The van der Waals surface area contributed by atoms with Crippen LogP contribution in [0, 0.1) is 0 Å². The van der Waals surface area contributed by atoms with E-state index >= 15 is 0 Å². The lowest BCUT2D eigenvalue weighted by Crippen LogP contribution is -2.26. The van der Waals surface area contributed by atoms with Gasteiger partial charge in [0, 0.05) is 11.1 Å². The zero-order valence-electron chi connectivity index (χ0n) is 9.87. The van der Waals surface area contributed by atoms with E-state index in [1.165, 1.54) is 42.1 Å². The molecule has 1 aromatic rings. The molecule has 1 aliphatic rings. The van der Waals surface area contributed by atoms with E-state index in [2.05, 4.69) is 17.6 Å². The molecular weight excluding hydrogens is 236 g/mol. The van der Waals surface area contributed by atoms with Crippen LogP contribution in [0.1, 0.15) is 49.4 Å². The van der Waals surface area contributed by atoms with E-state index in [0.29, 0.717) is 6.04 Å². The van der Waals surface area contributed by atoms with E-state index in [1.54, 1.807) is 0 Å². The molecule has 0 bridgehead atoms. The van der Waals surface area contributed by atoms with Gasteiger partial charge in [0.25, 0.3) is 0 Å². The molecule has 0 amide bonds. The van der Waals surface area contributed by atoms with Gasteiger partial charge in [-0.1, -0.05) is 13.3 Å². The summed E-state index contributed by atoms with van der Waals surface area (Å²) in [6.45, 7) is 3.38. The van der Waals surface area contributed by atoms with Crippen molar-refractivity contribution in [1.29, 1.82) is 0 Å². The smallest absolute Gasteiger partial charge is 0.103 e. The first-order valence-electron chi connectivity index (χ1n) is 6.15. The molecule has 2 nitrogen and oxygen atoms in total. The molecule has 1 aromatic heterocycles. The zero-order valence-corrected chi connectivity index (χ0v) is 11.5. The summed E-state index contributed by atoms with van der Waals surface area (Å²) < 4.78 is 0. The third kappa shape index (κ3) is 3.47. The molecule has 1 N–H and O–H groups in total. The van der Waals surface area contributed by atoms with Crippen LogP contribution in [0.2, 0.25) is 0 Å². The molecule has 1 fully saturated rings. The van der Waals surface area contributed by atoms with Crippen molar-refractivity contribution >= 4 is 23.1 Å². The van der Waals surface area contributed by atoms with E-state index in [9.17, 15) is 0 Å². The van der Waals surface area contributed by atoms with Crippen molar-refractivity contribution in [2.75, 3.05) is 12.3 Å². The highest BCUT2D eigenvalue weighted by molar-refractivity contribution is 7.98. The monoisotopic (exact) mass is 256 g/mol. The number of piperidine rings is 1. The maximum atomic E-state index is 4.74. The van der Waals surface area contributed by atoms with E-state index in [0.717, 1.165) is 12.3 Å². The molecule has 0 spiro atoms. The van der Waals surface area contributed by atoms with Crippen molar-refractivity contribution in [2.24, 2.45) is 0 Å². The van der Waals surface area contributed by atoms with Crippen molar-refractivity contribution in [3.63, 3.8) is 0 Å². The number of hydrogen-bond donors (Lipinski definition) is 1. The number of aromatic nitrogens is 1. The first kappa shape index (κ1) is 12.4. The lowest BCUT2D eigenvalue weighted by atomic mass is 10.0. The summed E-state index contributed by atoms with van der Waals surface area (Å²) in [5.74, 6) is 2.34. The Morgan fingerprint density at radius 3 is 3.25 bits per heavy atom. The van der Waals surface area contributed by atoms with Crippen molar-refractivity contribution in [3.05, 3.63) is 16.1 Å². The van der Waals surface area contributed by atoms with Crippen molar-refractivity contribution in [3.8, 4) is 0 Å². The summed E-state index contributed by atoms with van der Waals surface area (Å²) in [6.07, 6.45) is 5.17. The Morgan fingerprint density at radius 1 is 1.56 bits per heavy atom. The summed E-state index contributed by atoms with van der Waals surface area (Å²) in [7, 11) is 0. The van der Waals surface area contributed by atoms with E-state index < -0.39 is 0 Å². The summed E-state index contributed by atoms with van der Waals surface area (Å²) in [5.41, 5.74) is 1.27. The average Bonchev–Trinajstić information content (AvgIpc) is 2.79. The molecule has 1 saturated heterocycles. The van der Waals surface area contributed by atoms with Gasteiger partial charge < -0.3 is 5.32 Å². The summed E-state index contributed by atoms with van der Waals surface area (Å²) in [6, 6.07) is 0.523. The summed E-state index contributed by atoms with van der Waals surface area (Å²) >= 11 is 3.82. The zero-order chi connectivity index (χ0) is 11.2. The molecule has 0 aliphatic carbocycles. The van der Waals surface area contributed by atoms with Gasteiger partial charge in [-0.05, 0) is 31.6 Å². The van der Waals surface area contributed by atoms with E-state index in [1.807, 2.05) is 23.1 Å². The minimum atomic E-state index is 0.523. The molecule has 16 heavy (non-hydrogen) atoms. The van der Waals surface area contributed by atoms with Gasteiger partial charge in [-0.2, -0.15) is 11.8 Å². The van der Waals surface area contributed by atoms with Gasteiger partial charge >= 0.3 is 0 Å². The molecule has 0 radical (unpaired) electrons. The molecule has 0 saturated carbocycles. The van der Waals surface area contributed by atoms with Gasteiger partial charge in [0.15, 0.2) is 0 Å². The minimum Gasteiger partial charge on any atom is -0.309 e. The van der Waals surface area contributed by atoms with Crippen LogP contribution in [0.4, 0.5) is 0 Å². The molecule has 2 heterocycles. The molecule has 4 heteroatoms. The molecule has 1 aliphatic heterocycles. The number of hydrogen-bond acceptors (Lipinski definition) is 4. The number of nitrogens with zero attached hydrogens (tertiary/aromatic N) is 1. The van der Waals surface area contributed by atoms with Gasteiger partial charge in [0.2, 0.25) is 0 Å². The Hall–Kier alpha value is -0.0600. The number of rotatable bonds is 5. The highest BCUT2D eigenvalue weighted by Crippen LogP contribution is 2.25. The van der Waals surface area contributed by atoms with Crippen LogP contribution < -0.4 is 5.32 Å². The lowest BCUT2D eigenvalue weighted by Gasteiger charge is -2.21. The average molecular weight is 256 g/mol. The maximum Gasteiger partial charge on any atom is 0.103 e. The summed E-state index contributed by atoms with van der Waals surface area (Å²) in [4.78, 5) is 4.74. The van der Waals surface area contributed by atoms with Crippen LogP contribution in [0.25, 0.3) is 0 Å². The van der Waals surface area contributed by atoms with E-state index in [-0.39, 0.29) is 0 Å². The second-order valence-corrected chi connectivity index (χ2v) is 6.27. The Morgan fingerprint density at radius 2 is 2.50 bits per heavy atom. The molecule has 0 aromatic carbocycles. The fourth-order valence-corrected chi connectivity index (χ4v) is 3.79. The highest BCUT2D eigenvalue weighted by Gasteiger charge is 2.17. The second-order valence-electron chi connectivity index (χ2n) is 4.22. The van der Waals surface area contributed by atoms with Crippen LogP contribution in [0.15, 0.2) is 5.38 Å². The lowest BCUT2D eigenvalue weighted by molar-refractivity contribution is 0.406. The Kier molecular flexibility index (Phi) is 5.13. The first-order chi connectivity index (χ1) is 7.90. The Labute approximate surface area is 106 Å². The first-order valence-corrected chi connectivity index (χ1v) is 8.19. The van der Waals surface area contributed by atoms with Gasteiger partial charge in [0.05, 0.1) is 11.7 Å². The predicted octanol–water partition coefficient (Wildman–Crippen LogP) is 3.60. The fraction of sp³-hybridized carbons (Fsp3) is 0.750. The SMILES string of the molecule is CCCSCc1nc(C2CCCCN2)cs1. The van der Waals surface area contributed by atoms with Crippen LogP contribution >= 0.6 is 23.1 Å². The Bertz CT molecular complexity index is 306. The standard InChI is InChI=1S/C12H20N2S2/c1-2-7-15-9-12-14-11(8-16-12)10-5-3-4-6-13-10/h8,10,13H,2-7,9H2,1H3. The predicted molar refractivity (Wildman–Crippen MR) is 73.2 cm³/mol.